The van der Waals surface area contributed by atoms with Gasteiger partial charge in [0.1, 0.15) is 0 Å². The van der Waals surface area contributed by atoms with Crippen molar-refractivity contribution in [1.82, 2.24) is 5.32 Å². The second kappa shape index (κ2) is 5.81. The average Bonchev–Trinajstić information content (AvgIpc) is 2.89. The van der Waals surface area contributed by atoms with Gasteiger partial charge >= 0.3 is 0 Å². The normalized spacial score (nSPS) is 25.0. The number of nitrogens with one attached hydrogen (secondary N) is 1. The topological polar surface area (TPSA) is 15.3 Å². The van der Waals surface area contributed by atoms with Crippen LogP contribution in [0.5, 0.6) is 0 Å². The first-order chi connectivity index (χ1) is 10.0. The molecule has 116 valence electrons. The van der Waals surface area contributed by atoms with Crippen LogP contribution in [0.4, 0.5) is 5.69 Å². The molecule has 1 spiro atoms. The summed E-state index contributed by atoms with van der Waals surface area (Å²) in [7, 11) is 0. The molecule has 1 atom stereocenters. The van der Waals surface area contributed by atoms with Crippen molar-refractivity contribution in [3.8, 4) is 0 Å². The molecule has 1 N–H and O–H groups in total. The largest absolute Gasteiger partial charge is 0.364 e. The van der Waals surface area contributed by atoms with E-state index in [1.165, 1.54) is 36.9 Å². The highest BCUT2D eigenvalue weighted by Gasteiger charge is 2.42. The molecule has 1 aromatic rings. The highest BCUT2D eigenvalue weighted by atomic mass is 35.5. The van der Waals surface area contributed by atoms with Crippen LogP contribution in [0, 0.1) is 12.8 Å². The Morgan fingerprint density at radius 3 is 2.67 bits per heavy atom. The quantitative estimate of drug-likeness (QED) is 0.871. The average molecular weight is 307 g/mol. The first-order valence-electron chi connectivity index (χ1n) is 8.29. The lowest BCUT2D eigenvalue weighted by Gasteiger charge is -2.49. The van der Waals surface area contributed by atoms with Gasteiger partial charge in [-0.25, -0.2) is 0 Å². The van der Waals surface area contributed by atoms with Crippen molar-refractivity contribution in [1.29, 1.82) is 0 Å². The van der Waals surface area contributed by atoms with Crippen molar-refractivity contribution < 1.29 is 0 Å². The zero-order chi connectivity index (χ0) is 15.0. The smallest absolute Gasteiger partial charge is 0.0639 e. The third-order valence-electron chi connectivity index (χ3n) is 5.30. The second-order valence-corrected chi connectivity index (χ2v) is 7.67. The summed E-state index contributed by atoms with van der Waals surface area (Å²) in [4.78, 5) is 2.59. The van der Waals surface area contributed by atoms with E-state index in [1.807, 2.05) is 6.07 Å². The van der Waals surface area contributed by atoms with E-state index in [0.717, 1.165) is 18.1 Å². The lowest BCUT2D eigenvalue weighted by molar-refractivity contribution is 0.245. The predicted molar refractivity (Wildman–Crippen MR) is 91.4 cm³/mol. The minimum absolute atomic E-state index is 0.318. The fraction of sp³-hybridized carbons (Fsp3) is 0.667. The molecule has 2 aliphatic rings. The molecule has 1 heterocycles. The van der Waals surface area contributed by atoms with E-state index in [1.54, 1.807) is 0 Å². The van der Waals surface area contributed by atoms with Crippen LogP contribution >= 0.6 is 11.6 Å². The van der Waals surface area contributed by atoms with Crippen LogP contribution in [-0.2, 0) is 0 Å². The van der Waals surface area contributed by atoms with Gasteiger partial charge in [0.25, 0.3) is 0 Å². The van der Waals surface area contributed by atoms with E-state index in [-0.39, 0.29) is 0 Å². The Labute approximate surface area is 133 Å². The number of anilines is 1. The molecular formula is C18H27ClN2. The van der Waals surface area contributed by atoms with Crippen LogP contribution in [0.2, 0.25) is 5.02 Å². The number of benzene rings is 1. The second-order valence-electron chi connectivity index (χ2n) is 7.26. The Balaban J connectivity index is 1.95. The van der Waals surface area contributed by atoms with E-state index < -0.39 is 0 Å². The molecule has 3 heteroatoms. The first-order valence-corrected chi connectivity index (χ1v) is 8.66. The number of rotatable bonds is 2. The minimum Gasteiger partial charge on any atom is -0.364 e. The van der Waals surface area contributed by atoms with Crippen LogP contribution in [0.3, 0.4) is 0 Å². The summed E-state index contributed by atoms with van der Waals surface area (Å²) in [6.45, 7) is 8.95. The Morgan fingerprint density at radius 1 is 1.29 bits per heavy atom. The van der Waals surface area contributed by atoms with Crippen LogP contribution < -0.4 is 10.2 Å². The number of halogens is 1. The van der Waals surface area contributed by atoms with Crippen LogP contribution in [0.25, 0.3) is 0 Å². The standard InChI is InChI=1S/C18H27ClN2/c1-13(2)17-11-20-18(8-4-5-9-18)12-21(17)16-10-14(3)6-7-15(16)19/h6-7,10,13,17,20H,4-5,8-9,11-12H2,1-3H3. The van der Waals surface area contributed by atoms with Crippen LogP contribution in [0.15, 0.2) is 18.2 Å². The van der Waals surface area contributed by atoms with Gasteiger partial charge in [-0.2, -0.15) is 0 Å². The van der Waals surface area contributed by atoms with Gasteiger partial charge in [0.05, 0.1) is 10.7 Å². The maximum atomic E-state index is 6.53. The van der Waals surface area contributed by atoms with Crippen molar-refractivity contribution in [2.45, 2.75) is 58.0 Å². The SMILES string of the molecule is Cc1ccc(Cl)c(N2CC3(CCCC3)NCC2C(C)C)c1. The number of nitrogens with zero attached hydrogens (tertiary/aromatic N) is 1. The van der Waals surface area contributed by atoms with E-state index in [0.29, 0.717) is 17.5 Å². The Bertz CT molecular complexity index is 506. The Kier molecular flexibility index (Phi) is 4.20. The lowest BCUT2D eigenvalue weighted by atomic mass is 9.88. The van der Waals surface area contributed by atoms with Crippen molar-refractivity contribution in [2.75, 3.05) is 18.0 Å². The molecule has 0 amide bonds. The fourth-order valence-electron chi connectivity index (χ4n) is 4.02. The van der Waals surface area contributed by atoms with Gasteiger partial charge in [-0.1, -0.05) is 44.4 Å². The van der Waals surface area contributed by atoms with Crippen molar-refractivity contribution in [3.63, 3.8) is 0 Å². The molecular weight excluding hydrogens is 280 g/mol. The number of piperazine rings is 1. The monoisotopic (exact) mass is 306 g/mol. The van der Waals surface area contributed by atoms with Gasteiger partial charge in [-0.05, 0) is 43.4 Å². The lowest BCUT2D eigenvalue weighted by Crippen LogP contribution is -2.64. The highest BCUT2D eigenvalue weighted by molar-refractivity contribution is 6.33. The molecule has 1 unspecified atom stereocenters. The van der Waals surface area contributed by atoms with Crippen LogP contribution in [0.1, 0.15) is 45.1 Å². The van der Waals surface area contributed by atoms with Gasteiger partial charge in [-0.15, -0.1) is 0 Å². The van der Waals surface area contributed by atoms with E-state index >= 15 is 0 Å². The van der Waals surface area contributed by atoms with E-state index in [9.17, 15) is 0 Å². The van der Waals surface area contributed by atoms with E-state index in [2.05, 4.69) is 43.1 Å². The van der Waals surface area contributed by atoms with Crippen molar-refractivity contribution in [2.24, 2.45) is 5.92 Å². The summed E-state index contributed by atoms with van der Waals surface area (Å²) in [6, 6.07) is 6.93. The first kappa shape index (κ1) is 15.2. The molecule has 1 aromatic carbocycles. The molecule has 1 saturated carbocycles. The number of hydrogen-bond acceptors (Lipinski definition) is 2. The summed E-state index contributed by atoms with van der Waals surface area (Å²) in [5.41, 5.74) is 2.83. The Hall–Kier alpha value is -0.730. The summed E-state index contributed by atoms with van der Waals surface area (Å²) in [5, 5.41) is 4.77. The van der Waals surface area contributed by atoms with Gasteiger partial charge in [0.2, 0.25) is 0 Å². The molecule has 0 radical (unpaired) electrons. The van der Waals surface area contributed by atoms with Crippen molar-refractivity contribution >= 4 is 17.3 Å². The molecule has 1 aliphatic heterocycles. The molecule has 21 heavy (non-hydrogen) atoms. The van der Waals surface area contributed by atoms with Crippen molar-refractivity contribution in [3.05, 3.63) is 28.8 Å². The third-order valence-corrected chi connectivity index (χ3v) is 5.62. The van der Waals surface area contributed by atoms with Gasteiger partial charge in [-0.3, -0.25) is 0 Å². The zero-order valence-corrected chi connectivity index (χ0v) is 14.2. The summed E-state index contributed by atoms with van der Waals surface area (Å²) in [6.07, 6.45) is 5.32. The molecule has 1 aliphatic carbocycles. The van der Waals surface area contributed by atoms with E-state index in [4.69, 9.17) is 11.6 Å². The molecule has 0 bridgehead atoms. The van der Waals surface area contributed by atoms with Gasteiger partial charge in [0, 0.05) is 24.7 Å². The summed E-state index contributed by atoms with van der Waals surface area (Å²) in [5.74, 6) is 0.618. The number of hydrogen-bond donors (Lipinski definition) is 1. The van der Waals surface area contributed by atoms with Crippen LogP contribution in [-0.4, -0.2) is 24.7 Å². The summed E-state index contributed by atoms with van der Waals surface area (Å²) < 4.78 is 0. The fourth-order valence-corrected chi connectivity index (χ4v) is 4.25. The summed E-state index contributed by atoms with van der Waals surface area (Å²) >= 11 is 6.53. The minimum atomic E-state index is 0.318. The molecule has 0 aromatic heterocycles. The highest BCUT2D eigenvalue weighted by Crippen LogP contribution is 2.38. The Morgan fingerprint density at radius 2 is 2.00 bits per heavy atom. The van der Waals surface area contributed by atoms with Gasteiger partial charge in [0.15, 0.2) is 0 Å². The molecule has 3 rings (SSSR count). The zero-order valence-electron chi connectivity index (χ0n) is 13.5. The maximum Gasteiger partial charge on any atom is 0.0639 e. The molecule has 2 nitrogen and oxygen atoms in total. The third kappa shape index (κ3) is 2.93. The maximum absolute atomic E-state index is 6.53. The molecule has 1 saturated heterocycles. The van der Waals surface area contributed by atoms with Gasteiger partial charge < -0.3 is 10.2 Å². The predicted octanol–water partition coefficient (Wildman–Crippen LogP) is 4.40. The molecule has 2 fully saturated rings. The number of aryl methyl sites for hydroxylation is 1.